The van der Waals surface area contributed by atoms with Crippen molar-refractivity contribution in [1.29, 1.82) is 0 Å². The van der Waals surface area contributed by atoms with Gasteiger partial charge in [0.15, 0.2) is 0 Å². The van der Waals surface area contributed by atoms with Crippen LogP contribution in [0.5, 0.6) is 0 Å². The first-order valence-corrected chi connectivity index (χ1v) is 6.76. The van der Waals surface area contributed by atoms with Gasteiger partial charge in [0.2, 0.25) is 11.6 Å². The molecule has 2 rings (SSSR count). The smallest absolute Gasteiger partial charge is 0.354 e. The predicted octanol–water partition coefficient (Wildman–Crippen LogP) is 2.02. The first-order chi connectivity index (χ1) is 9.54. The van der Waals surface area contributed by atoms with Gasteiger partial charge in [0.25, 0.3) is 0 Å². The first-order valence-electron chi connectivity index (χ1n) is 6.76. The second kappa shape index (κ2) is 6.00. The fraction of sp³-hybridized carbons (Fsp3) is 0.667. The van der Waals surface area contributed by atoms with Crippen molar-refractivity contribution in [3.8, 4) is 0 Å². The lowest BCUT2D eigenvalue weighted by atomic mass is 10.00. The van der Waals surface area contributed by atoms with Crippen LogP contribution < -0.4 is 10.7 Å². The molecule has 8 heteroatoms. The molecule has 1 aromatic heterocycles. The molecule has 1 aliphatic rings. The monoisotopic (exact) mass is 280 g/mol. The number of hydrogen-bond donors (Lipinski definition) is 2. The summed E-state index contributed by atoms with van der Waals surface area (Å²) in [5, 5.41) is 16.0. The highest BCUT2D eigenvalue weighted by atomic mass is 16.6. The second-order valence-corrected chi connectivity index (χ2v) is 5.07. The van der Waals surface area contributed by atoms with Gasteiger partial charge in [-0.15, -0.1) is 0 Å². The van der Waals surface area contributed by atoms with Gasteiger partial charge in [0, 0.05) is 19.1 Å². The van der Waals surface area contributed by atoms with Gasteiger partial charge in [0.1, 0.15) is 6.33 Å². The molecular formula is C12H20N6O2. The maximum Gasteiger partial charge on any atom is 0.354 e. The van der Waals surface area contributed by atoms with Crippen molar-refractivity contribution in [2.75, 3.05) is 17.8 Å². The van der Waals surface area contributed by atoms with Gasteiger partial charge in [-0.3, -0.25) is 15.5 Å². The Hall–Kier alpha value is -1.96. The summed E-state index contributed by atoms with van der Waals surface area (Å²) in [4.78, 5) is 18.7. The van der Waals surface area contributed by atoms with Gasteiger partial charge in [-0.2, -0.15) is 0 Å². The summed E-state index contributed by atoms with van der Waals surface area (Å²) < 4.78 is 0. The third-order valence-corrected chi connectivity index (χ3v) is 3.67. The Morgan fingerprint density at radius 3 is 2.45 bits per heavy atom. The maximum atomic E-state index is 11.2. The minimum atomic E-state index is -0.465. The Bertz CT molecular complexity index is 485. The number of anilines is 2. The molecule has 1 aliphatic heterocycles. The van der Waals surface area contributed by atoms with E-state index in [0.717, 1.165) is 12.8 Å². The molecule has 0 aromatic carbocycles. The van der Waals surface area contributed by atoms with Crippen molar-refractivity contribution in [2.45, 2.75) is 45.2 Å². The van der Waals surface area contributed by atoms with Crippen LogP contribution in [-0.4, -0.2) is 39.0 Å². The van der Waals surface area contributed by atoms with Crippen molar-refractivity contribution in [2.24, 2.45) is 0 Å². The normalized spacial score (nSPS) is 23.4. The number of piperidine rings is 1. The highest BCUT2D eigenvalue weighted by Gasteiger charge is 2.29. The molecule has 8 nitrogen and oxygen atoms in total. The molecule has 1 saturated heterocycles. The number of nitrogens with one attached hydrogen (secondary N) is 2. The molecule has 2 heterocycles. The van der Waals surface area contributed by atoms with E-state index >= 15 is 0 Å². The van der Waals surface area contributed by atoms with E-state index in [4.69, 9.17) is 0 Å². The molecule has 2 unspecified atom stereocenters. The van der Waals surface area contributed by atoms with Crippen molar-refractivity contribution in [3.05, 3.63) is 16.4 Å². The number of hydrazine groups is 1. The van der Waals surface area contributed by atoms with Crippen LogP contribution >= 0.6 is 0 Å². The molecule has 2 N–H and O–H groups in total. The number of aromatic nitrogens is 2. The van der Waals surface area contributed by atoms with E-state index in [1.807, 2.05) is 5.01 Å². The second-order valence-electron chi connectivity index (χ2n) is 5.07. The number of nitro groups is 1. The minimum absolute atomic E-state index is 0.125. The zero-order valence-corrected chi connectivity index (χ0v) is 12.0. The summed E-state index contributed by atoms with van der Waals surface area (Å²) in [6.45, 7) is 4.21. The Morgan fingerprint density at radius 2 is 1.90 bits per heavy atom. The molecule has 1 fully saturated rings. The molecular weight excluding hydrogens is 260 g/mol. The molecule has 0 aliphatic carbocycles. The average Bonchev–Trinajstić information content (AvgIpc) is 2.42. The van der Waals surface area contributed by atoms with Crippen molar-refractivity contribution < 1.29 is 4.92 Å². The van der Waals surface area contributed by atoms with Crippen molar-refractivity contribution in [1.82, 2.24) is 15.0 Å². The van der Waals surface area contributed by atoms with E-state index in [0.29, 0.717) is 12.1 Å². The highest BCUT2D eigenvalue weighted by molar-refractivity contribution is 5.68. The van der Waals surface area contributed by atoms with E-state index in [1.54, 1.807) is 7.05 Å². The molecule has 1 aromatic rings. The molecule has 2 atom stereocenters. The fourth-order valence-electron chi connectivity index (χ4n) is 2.58. The van der Waals surface area contributed by atoms with Crippen LogP contribution in [0.15, 0.2) is 6.33 Å². The Morgan fingerprint density at radius 1 is 1.30 bits per heavy atom. The van der Waals surface area contributed by atoms with Crippen LogP contribution in [0.2, 0.25) is 0 Å². The van der Waals surface area contributed by atoms with E-state index < -0.39 is 4.92 Å². The number of hydrogen-bond acceptors (Lipinski definition) is 7. The van der Waals surface area contributed by atoms with Crippen LogP contribution in [0, 0.1) is 10.1 Å². The lowest BCUT2D eigenvalue weighted by Crippen LogP contribution is -2.47. The van der Waals surface area contributed by atoms with E-state index in [9.17, 15) is 10.1 Å². The zero-order chi connectivity index (χ0) is 14.7. The van der Waals surface area contributed by atoms with Crippen LogP contribution in [0.4, 0.5) is 17.3 Å². The van der Waals surface area contributed by atoms with Gasteiger partial charge in [-0.05, 0) is 26.7 Å². The van der Waals surface area contributed by atoms with Crippen molar-refractivity contribution >= 4 is 17.3 Å². The molecule has 0 spiro atoms. The number of nitrogens with zero attached hydrogens (tertiary/aromatic N) is 4. The van der Waals surface area contributed by atoms with Crippen LogP contribution in [0.1, 0.15) is 33.1 Å². The topological polar surface area (TPSA) is 96.2 Å². The van der Waals surface area contributed by atoms with Crippen LogP contribution in [0.25, 0.3) is 0 Å². The summed E-state index contributed by atoms with van der Waals surface area (Å²) in [5.41, 5.74) is 2.98. The molecule has 20 heavy (non-hydrogen) atoms. The quantitative estimate of drug-likeness (QED) is 0.643. The van der Waals surface area contributed by atoms with Gasteiger partial charge >= 0.3 is 5.69 Å². The first kappa shape index (κ1) is 14.4. The third kappa shape index (κ3) is 2.79. The van der Waals surface area contributed by atoms with E-state index in [2.05, 4.69) is 34.6 Å². The van der Waals surface area contributed by atoms with Crippen LogP contribution in [-0.2, 0) is 0 Å². The molecule has 0 saturated carbocycles. The summed E-state index contributed by atoms with van der Waals surface area (Å²) in [6.07, 6.45) is 4.62. The predicted molar refractivity (Wildman–Crippen MR) is 76.5 cm³/mol. The van der Waals surface area contributed by atoms with Gasteiger partial charge in [0.05, 0.1) is 4.92 Å². The Kier molecular flexibility index (Phi) is 4.33. The third-order valence-electron chi connectivity index (χ3n) is 3.67. The standard InChI is InChI=1S/C12H20N6O2/c1-8-5-4-6-9(2)17(8)16-12-10(18(19)20)11(13-3)14-7-15-12/h7-9H,4-6H2,1-3H3,(H2,13,14,15,16). The minimum Gasteiger partial charge on any atom is -0.367 e. The summed E-state index contributed by atoms with van der Waals surface area (Å²) in [5.74, 6) is 0.444. The van der Waals surface area contributed by atoms with Gasteiger partial charge < -0.3 is 5.32 Å². The maximum absolute atomic E-state index is 11.2. The lowest BCUT2D eigenvalue weighted by Gasteiger charge is -2.38. The molecule has 110 valence electrons. The molecule has 0 radical (unpaired) electrons. The zero-order valence-electron chi connectivity index (χ0n) is 12.0. The van der Waals surface area contributed by atoms with E-state index in [1.165, 1.54) is 12.7 Å². The highest BCUT2D eigenvalue weighted by Crippen LogP contribution is 2.31. The summed E-state index contributed by atoms with van der Waals surface area (Å²) in [6, 6.07) is 0.623. The average molecular weight is 280 g/mol. The lowest BCUT2D eigenvalue weighted by molar-refractivity contribution is -0.383. The Labute approximate surface area is 117 Å². The van der Waals surface area contributed by atoms with E-state index in [-0.39, 0.29) is 17.3 Å². The Balaban J connectivity index is 2.30. The number of rotatable bonds is 4. The van der Waals surface area contributed by atoms with Gasteiger partial charge in [-0.25, -0.2) is 15.0 Å². The SMILES string of the molecule is CNc1ncnc(NN2C(C)CCCC2C)c1[N+](=O)[O-]. The summed E-state index contributed by atoms with van der Waals surface area (Å²) >= 11 is 0. The molecule has 0 amide bonds. The summed E-state index contributed by atoms with van der Waals surface area (Å²) in [7, 11) is 1.60. The fourth-order valence-corrected chi connectivity index (χ4v) is 2.58. The largest absolute Gasteiger partial charge is 0.367 e. The van der Waals surface area contributed by atoms with Gasteiger partial charge in [-0.1, -0.05) is 6.42 Å². The molecule has 0 bridgehead atoms. The van der Waals surface area contributed by atoms with Crippen LogP contribution in [0.3, 0.4) is 0 Å². The van der Waals surface area contributed by atoms with Crippen molar-refractivity contribution in [3.63, 3.8) is 0 Å².